The fourth-order valence-corrected chi connectivity index (χ4v) is 3.03. The van der Waals surface area contributed by atoms with Crippen LogP contribution in [-0.4, -0.2) is 30.5 Å². The minimum atomic E-state index is -0.166. The zero-order chi connectivity index (χ0) is 13.0. The van der Waals surface area contributed by atoms with Gasteiger partial charge in [-0.3, -0.25) is 0 Å². The maximum atomic E-state index is 6.03. The number of hydrogen-bond donors (Lipinski definition) is 1. The Balaban J connectivity index is 2.00. The van der Waals surface area contributed by atoms with Gasteiger partial charge in [0.2, 0.25) is 0 Å². The molecule has 0 aromatic heterocycles. The molecule has 100 valence electrons. The average molecular weight is 288 g/mol. The first kappa shape index (κ1) is 14.0. The van der Waals surface area contributed by atoms with Crippen molar-refractivity contribution in [2.24, 2.45) is 0 Å². The maximum Gasteiger partial charge on any atom is 0.122 e. The number of fused-ring (bicyclic) bond motifs is 1. The quantitative estimate of drug-likeness (QED) is 0.810. The van der Waals surface area contributed by atoms with Crippen LogP contribution in [0.4, 0.5) is 0 Å². The Labute approximate surface area is 119 Å². The second-order valence-electron chi connectivity index (χ2n) is 4.83. The summed E-state index contributed by atoms with van der Waals surface area (Å²) in [6.45, 7) is 3.69. The molecule has 1 aliphatic rings. The highest BCUT2D eigenvalue weighted by atomic mass is 35.5. The number of nitrogens with one attached hydrogen (secondary N) is 1. The predicted octanol–water partition coefficient (Wildman–Crippen LogP) is 3.38. The first-order chi connectivity index (χ1) is 8.74. The molecule has 0 spiro atoms. The molecular formula is C14H19Cl2NO. The zero-order valence-electron chi connectivity index (χ0n) is 10.6. The Morgan fingerprint density at radius 3 is 2.72 bits per heavy atom. The van der Waals surface area contributed by atoms with Crippen LogP contribution in [-0.2, 0) is 0 Å². The predicted molar refractivity (Wildman–Crippen MR) is 77.1 cm³/mol. The topological polar surface area (TPSA) is 21.3 Å². The van der Waals surface area contributed by atoms with Crippen LogP contribution in [0.3, 0.4) is 0 Å². The standard InChI is InChI=1S/C14H19Cl2NO/c1-2-14(9-15,10-16)17-7-11-8-18-13-6-4-3-5-12(11)13/h3-6,11,17H,2,7-10H2,1H3. The lowest BCUT2D eigenvalue weighted by molar-refractivity contribution is 0.306. The van der Waals surface area contributed by atoms with Crippen LogP contribution in [0.1, 0.15) is 24.8 Å². The van der Waals surface area contributed by atoms with Gasteiger partial charge in [0.25, 0.3) is 0 Å². The fourth-order valence-electron chi connectivity index (χ4n) is 2.18. The summed E-state index contributed by atoms with van der Waals surface area (Å²) >= 11 is 12.1. The van der Waals surface area contributed by atoms with Crippen LogP contribution in [0.5, 0.6) is 5.75 Å². The van der Waals surface area contributed by atoms with Crippen molar-refractivity contribution in [3.8, 4) is 5.75 Å². The summed E-state index contributed by atoms with van der Waals surface area (Å²) in [5, 5.41) is 3.52. The summed E-state index contributed by atoms with van der Waals surface area (Å²) in [7, 11) is 0. The van der Waals surface area contributed by atoms with E-state index in [0.717, 1.165) is 25.3 Å². The van der Waals surface area contributed by atoms with Gasteiger partial charge in [0.15, 0.2) is 0 Å². The summed E-state index contributed by atoms with van der Waals surface area (Å²) in [5.74, 6) is 2.45. The van der Waals surface area contributed by atoms with Gasteiger partial charge in [0, 0.05) is 35.3 Å². The summed E-state index contributed by atoms with van der Waals surface area (Å²) in [5.41, 5.74) is 1.11. The molecule has 0 bridgehead atoms. The van der Waals surface area contributed by atoms with Gasteiger partial charge in [0.1, 0.15) is 5.75 Å². The Morgan fingerprint density at radius 2 is 2.06 bits per heavy atom. The van der Waals surface area contributed by atoms with Crippen molar-refractivity contribution in [1.82, 2.24) is 5.32 Å². The van der Waals surface area contributed by atoms with Gasteiger partial charge in [0.05, 0.1) is 6.61 Å². The summed E-state index contributed by atoms with van der Waals surface area (Å²) in [6.07, 6.45) is 0.926. The second-order valence-corrected chi connectivity index (χ2v) is 5.36. The molecule has 1 heterocycles. The van der Waals surface area contributed by atoms with E-state index >= 15 is 0 Å². The van der Waals surface area contributed by atoms with E-state index in [-0.39, 0.29) is 5.54 Å². The number of rotatable bonds is 6. The van der Waals surface area contributed by atoms with Crippen LogP contribution in [0.25, 0.3) is 0 Å². The molecule has 0 aliphatic carbocycles. The molecule has 0 radical (unpaired) electrons. The largest absolute Gasteiger partial charge is 0.493 e. The lowest BCUT2D eigenvalue weighted by atomic mass is 9.97. The first-order valence-corrected chi connectivity index (χ1v) is 7.40. The SMILES string of the molecule is CCC(CCl)(CCl)NCC1COc2ccccc21. The number of hydrogen-bond acceptors (Lipinski definition) is 2. The van der Waals surface area contributed by atoms with E-state index in [1.807, 2.05) is 12.1 Å². The molecule has 0 saturated carbocycles. The zero-order valence-corrected chi connectivity index (χ0v) is 12.1. The molecule has 1 unspecified atom stereocenters. The van der Waals surface area contributed by atoms with Crippen LogP contribution in [0.2, 0.25) is 0 Å². The van der Waals surface area contributed by atoms with Crippen molar-refractivity contribution in [2.75, 3.05) is 24.9 Å². The lowest BCUT2D eigenvalue weighted by Gasteiger charge is -2.30. The molecule has 1 atom stereocenters. The molecule has 0 amide bonds. The molecule has 0 fully saturated rings. The van der Waals surface area contributed by atoms with Crippen molar-refractivity contribution in [3.05, 3.63) is 29.8 Å². The molecule has 1 aromatic rings. The second kappa shape index (κ2) is 6.14. The fraction of sp³-hybridized carbons (Fsp3) is 0.571. The Morgan fingerprint density at radius 1 is 1.33 bits per heavy atom. The smallest absolute Gasteiger partial charge is 0.122 e. The monoisotopic (exact) mass is 287 g/mol. The van der Waals surface area contributed by atoms with E-state index in [9.17, 15) is 0 Å². The highest BCUT2D eigenvalue weighted by Gasteiger charge is 2.29. The van der Waals surface area contributed by atoms with E-state index in [4.69, 9.17) is 27.9 Å². The number of para-hydroxylation sites is 1. The van der Waals surface area contributed by atoms with Gasteiger partial charge < -0.3 is 10.1 Å². The molecule has 2 nitrogen and oxygen atoms in total. The number of halogens is 2. The molecule has 4 heteroatoms. The lowest BCUT2D eigenvalue weighted by Crippen LogP contribution is -2.50. The highest BCUT2D eigenvalue weighted by molar-refractivity contribution is 6.22. The summed E-state index contributed by atoms with van der Waals surface area (Å²) in [4.78, 5) is 0. The average Bonchev–Trinajstić information content (AvgIpc) is 2.85. The van der Waals surface area contributed by atoms with E-state index in [1.165, 1.54) is 5.56 Å². The van der Waals surface area contributed by atoms with Crippen molar-refractivity contribution in [2.45, 2.75) is 24.8 Å². The Hall–Kier alpha value is -0.440. The van der Waals surface area contributed by atoms with Crippen molar-refractivity contribution in [3.63, 3.8) is 0 Å². The molecular weight excluding hydrogens is 269 g/mol. The minimum absolute atomic E-state index is 0.166. The van der Waals surface area contributed by atoms with Crippen molar-refractivity contribution < 1.29 is 4.74 Å². The Bertz CT molecular complexity index is 385. The molecule has 1 aromatic carbocycles. The highest BCUT2D eigenvalue weighted by Crippen LogP contribution is 2.33. The number of benzene rings is 1. The third-order valence-corrected chi connectivity index (χ3v) is 4.73. The third-order valence-electron chi connectivity index (χ3n) is 3.71. The van der Waals surface area contributed by atoms with Crippen LogP contribution >= 0.6 is 23.2 Å². The summed E-state index contributed by atoms with van der Waals surface area (Å²) < 4.78 is 5.67. The molecule has 0 saturated heterocycles. The molecule has 2 rings (SSSR count). The minimum Gasteiger partial charge on any atom is -0.493 e. The molecule has 1 aliphatic heterocycles. The third kappa shape index (κ3) is 2.76. The van der Waals surface area contributed by atoms with Crippen LogP contribution in [0.15, 0.2) is 24.3 Å². The molecule has 1 N–H and O–H groups in total. The van der Waals surface area contributed by atoms with Gasteiger partial charge in [-0.05, 0) is 12.5 Å². The first-order valence-electron chi connectivity index (χ1n) is 6.33. The van der Waals surface area contributed by atoms with Gasteiger partial charge in [-0.15, -0.1) is 23.2 Å². The van der Waals surface area contributed by atoms with Gasteiger partial charge >= 0.3 is 0 Å². The Kier molecular flexibility index (Phi) is 4.77. The number of ether oxygens (including phenoxy) is 1. The van der Waals surface area contributed by atoms with E-state index < -0.39 is 0 Å². The van der Waals surface area contributed by atoms with Gasteiger partial charge in [-0.2, -0.15) is 0 Å². The van der Waals surface area contributed by atoms with E-state index in [0.29, 0.717) is 17.7 Å². The van der Waals surface area contributed by atoms with E-state index in [2.05, 4.69) is 24.4 Å². The van der Waals surface area contributed by atoms with Crippen LogP contribution in [0, 0.1) is 0 Å². The van der Waals surface area contributed by atoms with Crippen molar-refractivity contribution >= 4 is 23.2 Å². The summed E-state index contributed by atoms with van der Waals surface area (Å²) in [6, 6.07) is 8.20. The maximum absolute atomic E-state index is 6.03. The van der Waals surface area contributed by atoms with E-state index in [1.54, 1.807) is 0 Å². The van der Waals surface area contributed by atoms with Crippen molar-refractivity contribution in [1.29, 1.82) is 0 Å². The molecule has 18 heavy (non-hydrogen) atoms. The number of alkyl halides is 2. The van der Waals surface area contributed by atoms with Gasteiger partial charge in [-0.25, -0.2) is 0 Å². The van der Waals surface area contributed by atoms with Crippen LogP contribution < -0.4 is 10.1 Å². The normalized spacial score (nSPS) is 18.5. The van der Waals surface area contributed by atoms with Gasteiger partial charge in [-0.1, -0.05) is 25.1 Å².